The first-order chi connectivity index (χ1) is 16.2. The van der Waals surface area contributed by atoms with Gasteiger partial charge in [0.1, 0.15) is 11.9 Å². The molecular weight excluding hydrogens is 476 g/mol. The minimum absolute atomic E-state index is 0.00639. The Morgan fingerprint density at radius 3 is 2.41 bits per heavy atom. The molecule has 0 amide bonds. The predicted octanol–water partition coefficient (Wildman–Crippen LogP) is 4.08. The van der Waals surface area contributed by atoms with Gasteiger partial charge in [-0.15, -0.1) is 10.9 Å². The van der Waals surface area contributed by atoms with E-state index >= 15 is 0 Å². The van der Waals surface area contributed by atoms with Crippen LogP contribution < -0.4 is 13.2 Å². The number of hydrogen-bond acceptors (Lipinski definition) is 6. The van der Waals surface area contributed by atoms with E-state index in [0.717, 1.165) is 14.2 Å². The van der Waals surface area contributed by atoms with Crippen molar-refractivity contribution in [1.29, 1.82) is 0 Å². The third-order valence-corrected chi connectivity index (χ3v) is 9.10. The largest absolute Gasteiger partial charge is 0.497 e. The zero-order valence-electron chi connectivity index (χ0n) is 18.5. The summed E-state index contributed by atoms with van der Waals surface area (Å²) in [5.74, 6) is 0.388. The molecule has 10 heteroatoms. The SMILES string of the molecule is C=C[C@@H]1c2ccccc2N(S(=O)(=O)c2ccc(C)cc2)[C@H]2c3ccc(OC)cc3OS(=O)(=O)N12. The van der Waals surface area contributed by atoms with E-state index in [1.54, 1.807) is 48.5 Å². The van der Waals surface area contributed by atoms with E-state index in [1.807, 2.05) is 6.92 Å². The second-order valence-corrected chi connectivity index (χ2v) is 11.3. The van der Waals surface area contributed by atoms with Gasteiger partial charge in [-0.1, -0.05) is 42.0 Å². The summed E-state index contributed by atoms with van der Waals surface area (Å²) in [6, 6.07) is 17.1. The molecule has 0 saturated carbocycles. The van der Waals surface area contributed by atoms with Gasteiger partial charge in [0.05, 0.1) is 23.7 Å². The van der Waals surface area contributed by atoms with Crippen LogP contribution in [0.3, 0.4) is 0 Å². The van der Waals surface area contributed by atoms with Crippen molar-refractivity contribution in [1.82, 2.24) is 4.31 Å². The second kappa shape index (κ2) is 7.86. The van der Waals surface area contributed by atoms with Crippen molar-refractivity contribution in [2.45, 2.75) is 24.0 Å². The number of hydrogen-bond donors (Lipinski definition) is 0. The van der Waals surface area contributed by atoms with Crippen LogP contribution in [-0.2, 0) is 20.3 Å². The molecule has 0 fully saturated rings. The van der Waals surface area contributed by atoms with Crippen molar-refractivity contribution in [2.24, 2.45) is 0 Å². The number of ether oxygens (including phenoxy) is 1. The molecule has 2 atom stereocenters. The molecule has 3 aromatic carbocycles. The molecular formula is C24H22N2O6S2. The van der Waals surface area contributed by atoms with Crippen LogP contribution in [-0.4, -0.2) is 28.3 Å². The summed E-state index contributed by atoms with van der Waals surface area (Å²) < 4.78 is 67.8. The maximum atomic E-state index is 14.1. The summed E-state index contributed by atoms with van der Waals surface area (Å²) in [6.45, 7) is 5.69. The Morgan fingerprint density at radius 1 is 1.03 bits per heavy atom. The molecule has 176 valence electrons. The van der Waals surface area contributed by atoms with E-state index in [-0.39, 0.29) is 10.6 Å². The normalized spacial score (nSPS) is 20.9. The molecule has 2 aliphatic rings. The highest BCUT2D eigenvalue weighted by Gasteiger charge is 2.53. The highest BCUT2D eigenvalue weighted by Crippen LogP contribution is 2.53. The number of aryl methyl sites for hydroxylation is 1. The highest BCUT2D eigenvalue weighted by molar-refractivity contribution is 7.93. The molecule has 0 bridgehead atoms. The first-order valence-electron chi connectivity index (χ1n) is 10.4. The minimum Gasteiger partial charge on any atom is -0.497 e. The topological polar surface area (TPSA) is 93.2 Å². The van der Waals surface area contributed by atoms with Gasteiger partial charge in [-0.25, -0.2) is 12.7 Å². The molecule has 0 spiro atoms. The maximum Gasteiger partial charge on any atom is 0.388 e. The van der Waals surface area contributed by atoms with Crippen molar-refractivity contribution >= 4 is 26.0 Å². The standard InChI is InChI=1S/C24H22N2O6S2/c1-4-21-19-7-5-6-8-22(19)25(33(27,28)18-12-9-16(2)10-13-18)24-20-14-11-17(31-3)15-23(20)32-34(29,30)26(21)24/h4-15,21,24H,1H2,2-3H3/t21-,24-/m1/s1. The average Bonchev–Trinajstić information content (AvgIpc) is 2.82. The van der Waals surface area contributed by atoms with E-state index in [9.17, 15) is 16.8 Å². The predicted molar refractivity (Wildman–Crippen MR) is 127 cm³/mol. The Balaban J connectivity index is 1.85. The van der Waals surface area contributed by atoms with Crippen molar-refractivity contribution < 1.29 is 25.8 Å². The Bertz CT molecular complexity index is 1500. The second-order valence-electron chi connectivity index (χ2n) is 8.00. The van der Waals surface area contributed by atoms with Gasteiger partial charge < -0.3 is 8.92 Å². The number of nitrogens with zero attached hydrogens (tertiary/aromatic N) is 2. The summed E-state index contributed by atoms with van der Waals surface area (Å²) in [5.41, 5.74) is 2.12. The van der Waals surface area contributed by atoms with Crippen molar-refractivity contribution in [3.8, 4) is 11.5 Å². The molecule has 0 saturated heterocycles. The van der Waals surface area contributed by atoms with Gasteiger partial charge in [0.25, 0.3) is 10.0 Å². The van der Waals surface area contributed by atoms with E-state index in [1.165, 1.54) is 31.4 Å². The Hall–Kier alpha value is -3.34. The van der Waals surface area contributed by atoms with Gasteiger partial charge in [-0.3, -0.25) is 0 Å². The Kier molecular flexibility index (Phi) is 5.19. The van der Waals surface area contributed by atoms with E-state index in [4.69, 9.17) is 8.92 Å². The number of fused-ring (bicyclic) bond motifs is 4. The minimum atomic E-state index is -4.41. The third kappa shape index (κ3) is 3.29. The van der Waals surface area contributed by atoms with Crippen LogP contribution in [0.2, 0.25) is 0 Å². The summed E-state index contributed by atoms with van der Waals surface area (Å²) in [7, 11) is -7.16. The lowest BCUT2D eigenvalue weighted by atomic mass is 9.98. The van der Waals surface area contributed by atoms with Crippen LogP contribution in [0.5, 0.6) is 11.5 Å². The fourth-order valence-electron chi connectivity index (χ4n) is 4.39. The molecule has 0 aromatic heterocycles. The number of rotatable bonds is 4. The monoisotopic (exact) mass is 498 g/mol. The third-order valence-electron chi connectivity index (χ3n) is 5.98. The first kappa shape index (κ1) is 22.5. The summed E-state index contributed by atoms with van der Waals surface area (Å²) in [6.07, 6.45) is 0.237. The van der Waals surface area contributed by atoms with E-state index < -0.39 is 32.5 Å². The lowest BCUT2D eigenvalue weighted by molar-refractivity contribution is 0.232. The summed E-state index contributed by atoms with van der Waals surface area (Å²) in [5, 5.41) is 0. The van der Waals surface area contributed by atoms with Gasteiger partial charge in [0, 0.05) is 11.6 Å². The molecule has 0 aliphatic carbocycles. The van der Waals surface area contributed by atoms with Gasteiger partial charge in [-0.2, -0.15) is 8.42 Å². The summed E-state index contributed by atoms with van der Waals surface area (Å²) >= 11 is 0. The van der Waals surface area contributed by atoms with Crippen molar-refractivity contribution in [3.63, 3.8) is 0 Å². The zero-order valence-corrected chi connectivity index (χ0v) is 20.1. The van der Waals surface area contributed by atoms with E-state index in [2.05, 4.69) is 6.58 Å². The Labute approximate surface area is 199 Å². The van der Waals surface area contributed by atoms with Gasteiger partial charge in [-0.05, 0) is 42.8 Å². The lowest BCUT2D eigenvalue weighted by Gasteiger charge is -2.48. The highest BCUT2D eigenvalue weighted by atomic mass is 32.2. The molecule has 0 N–H and O–H groups in total. The first-order valence-corrected chi connectivity index (χ1v) is 13.2. The Morgan fingerprint density at radius 2 is 1.74 bits per heavy atom. The van der Waals surface area contributed by atoms with Crippen LogP contribution in [0.1, 0.15) is 28.9 Å². The van der Waals surface area contributed by atoms with Crippen LogP contribution in [0.4, 0.5) is 5.69 Å². The van der Waals surface area contributed by atoms with Crippen LogP contribution in [0, 0.1) is 6.92 Å². The molecule has 8 nitrogen and oxygen atoms in total. The smallest absolute Gasteiger partial charge is 0.388 e. The van der Waals surface area contributed by atoms with Crippen molar-refractivity contribution in [3.05, 3.63) is 96.1 Å². The average molecular weight is 499 g/mol. The van der Waals surface area contributed by atoms with Gasteiger partial charge in [0.15, 0.2) is 5.75 Å². The van der Waals surface area contributed by atoms with E-state index in [0.29, 0.717) is 22.6 Å². The molecule has 0 radical (unpaired) electrons. The number of methoxy groups -OCH3 is 1. The molecule has 34 heavy (non-hydrogen) atoms. The number of para-hydroxylation sites is 1. The number of benzene rings is 3. The maximum absolute atomic E-state index is 14.1. The summed E-state index contributed by atoms with van der Waals surface area (Å²) in [4.78, 5) is 0.0452. The van der Waals surface area contributed by atoms with Crippen molar-refractivity contribution in [2.75, 3.05) is 11.4 Å². The molecule has 5 rings (SSSR count). The van der Waals surface area contributed by atoms with Gasteiger partial charge in [0.2, 0.25) is 0 Å². The molecule has 2 heterocycles. The molecule has 3 aromatic rings. The molecule has 0 unspecified atom stereocenters. The van der Waals surface area contributed by atoms with Crippen LogP contribution in [0.15, 0.2) is 84.3 Å². The molecule has 2 aliphatic heterocycles. The van der Waals surface area contributed by atoms with Gasteiger partial charge >= 0.3 is 10.3 Å². The fourth-order valence-corrected chi connectivity index (χ4v) is 7.44. The lowest BCUT2D eigenvalue weighted by Crippen LogP contribution is -2.54. The number of anilines is 1. The van der Waals surface area contributed by atoms with Crippen LogP contribution >= 0.6 is 0 Å². The zero-order chi connectivity index (χ0) is 24.3. The quantitative estimate of drug-likeness (QED) is 0.504. The number of sulfonamides is 1. The fraction of sp³-hybridized carbons (Fsp3) is 0.167. The van der Waals surface area contributed by atoms with Crippen LogP contribution in [0.25, 0.3) is 0 Å².